The van der Waals surface area contributed by atoms with Crippen molar-refractivity contribution in [1.82, 2.24) is 0 Å². The van der Waals surface area contributed by atoms with E-state index in [1.54, 1.807) is 30.3 Å². The molecule has 20 heavy (non-hydrogen) atoms. The van der Waals surface area contributed by atoms with Gasteiger partial charge in [-0.2, -0.15) is 0 Å². The zero-order valence-electron chi connectivity index (χ0n) is 10.1. The molecule has 0 amide bonds. The van der Waals surface area contributed by atoms with Gasteiger partial charge in [-0.3, -0.25) is 5.84 Å². The van der Waals surface area contributed by atoms with E-state index in [4.69, 9.17) is 5.84 Å². The van der Waals surface area contributed by atoms with Crippen molar-refractivity contribution >= 4 is 18.1 Å². The Morgan fingerprint density at radius 2 is 1.60 bits per heavy atom. The number of ether oxygens (including phenoxy) is 1. The number of alkyl halides is 3. The lowest BCUT2D eigenvalue weighted by Crippen LogP contribution is -2.16. The summed E-state index contributed by atoms with van der Waals surface area (Å²) in [5, 5.41) is 0. The van der Waals surface area contributed by atoms with Gasteiger partial charge in [-0.25, -0.2) is 0 Å². The van der Waals surface area contributed by atoms with Crippen molar-refractivity contribution in [3.8, 4) is 16.9 Å². The van der Waals surface area contributed by atoms with Crippen molar-refractivity contribution in [2.45, 2.75) is 6.36 Å². The zero-order valence-corrected chi connectivity index (χ0v) is 11.0. The van der Waals surface area contributed by atoms with Crippen LogP contribution in [0.25, 0.3) is 11.1 Å². The zero-order chi connectivity index (χ0) is 13.9. The first-order chi connectivity index (χ1) is 8.98. The van der Waals surface area contributed by atoms with Crippen LogP contribution in [0.4, 0.5) is 18.9 Å². The summed E-state index contributed by atoms with van der Waals surface area (Å²) in [5.41, 5.74) is 4.83. The van der Waals surface area contributed by atoms with Gasteiger partial charge in [0.05, 0.1) is 0 Å². The molecular formula is C13H12ClF3N2O. The molecule has 7 heteroatoms. The van der Waals surface area contributed by atoms with Crippen LogP contribution in [0.15, 0.2) is 48.5 Å². The molecule has 0 heterocycles. The maximum absolute atomic E-state index is 12.0. The van der Waals surface area contributed by atoms with Crippen molar-refractivity contribution in [3.63, 3.8) is 0 Å². The van der Waals surface area contributed by atoms with Crippen LogP contribution in [0.3, 0.4) is 0 Å². The fraction of sp³-hybridized carbons (Fsp3) is 0.0769. The molecule has 0 atom stereocenters. The molecule has 0 aliphatic heterocycles. The molecule has 2 rings (SSSR count). The molecule has 0 fully saturated rings. The van der Waals surface area contributed by atoms with E-state index in [1.165, 1.54) is 12.1 Å². The van der Waals surface area contributed by atoms with E-state index < -0.39 is 6.36 Å². The third-order valence-electron chi connectivity index (χ3n) is 2.45. The van der Waals surface area contributed by atoms with Crippen molar-refractivity contribution in [2.24, 2.45) is 5.84 Å². The average molecular weight is 305 g/mol. The lowest BCUT2D eigenvalue weighted by atomic mass is 10.1. The third-order valence-corrected chi connectivity index (χ3v) is 2.45. The first-order valence-electron chi connectivity index (χ1n) is 5.41. The molecule has 3 nitrogen and oxygen atoms in total. The minimum Gasteiger partial charge on any atom is -0.406 e. The normalized spacial score (nSPS) is 10.6. The molecule has 0 radical (unpaired) electrons. The molecule has 0 bridgehead atoms. The Kier molecular flexibility index (Phi) is 5.24. The Balaban J connectivity index is 0.00000200. The second-order valence-corrected chi connectivity index (χ2v) is 3.80. The van der Waals surface area contributed by atoms with Gasteiger partial charge in [-0.05, 0) is 35.4 Å². The predicted molar refractivity (Wildman–Crippen MR) is 73.6 cm³/mol. The molecule has 108 valence electrons. The van der Waals surface area contributed by atoms with Crippen molar-refractivity contribution in [2.75, 3.05) is 5.43 Å². The summed E-state index contributed by atoms with van der Waals surface area (Å²) < 4.78 is 39.9. The number of nitrogens with two attached hydrogens (primary N) is 1. The van der Waals surface area contributed by atoms with Crippen LogP contribution in [0.1, 0.15) is 0 Å². The molecule has 3 N–H and O–H groups in total. The van der Waals surface area contributed by atoms with Crippen LogP contribution in [-0.2, 0) is 0 Å². The van der Waals surface area contributed by atoms with Crippen LogP contribution >= 0.6 is 12.4 Å². The number of benzene rings is 2. The van der Waals surface area contributed by atoms with Gasteiger partial charge in [-0.1, -0.05) is 24.3 Å². The lowest BCUT2D eigenvalue weighted by Gasteiger charge is -2.09. The van der Waals surface area contributed by atoms with E-state index in [9.17, 15) is 13.2 Å². The Hall–Kier alpha value is -1.92. The van der Waals surface area contributed by atoms with Crippen LogP contribution in [0.2, 0.25) is 0 Å². The van der Waals surface area contributed by atoms with Crippen LogP contribution in [-0.4, -0.2) is 6.36 Å². The number of nitrogens with one attached hydrogen (secondary N) is 1. The molecule has 2 aromatic rings. The molecule has 0 saturated carbocycles. The minimum atomic E-state index is -4.68. The van der Waals surface area contributed by atoms with Crippen LogP contribution in [0.5, 0.6) is 5.75 Å². The fourth-order valence-corrected chi connectivity index (χ4v) is 1.64. The highest BCUT2D eigenvalue weighted by atomic mass is 35.5. The number of anilines is 1. The predicted octanol–water partition coefficient (Wildman–Crippen LogP) is 3.96. The molecule has 0 unspecified atom stereocenters. The summed E-state index contributed by atoms with van der Waals surface area (Å²) in [7, 11) is 0. The summed E-state index contributed by atoms with van der Waals surface area (Å²) >= 11 is 0. The second kappa shape index (κ2) is 6.49. The van der Waals surface area contributed by atoms with E-state index in [0.717, 1.165) is 11.1 Å². The number of hydrogen-bond donors (Lipinski definition) is 2. The first kappa shape index (κ1) is 16.1. The topological polar surface area (TPSA) is 47.3 Å². The maximum atomic E-state index is 12.0. The van der Waals surface area contributed by atoms with Gasteiger partial charge in [-0.15, -0.1) is 25.6 Å². The van der Waals surface area contributed by atoms with Crippen molar-refractivity contribution in [1.29, 1.82) is 0 Å². The van der Waals surface area contributed by atoms with Gasteiger partial charge < -0.3 is 10.2 Å². The number of hydrazine groups is 1. The van der Waals surface area contributed by atoms with E-state index in [2.05, 4.69) is 10.2 Å². The fourth-order valence-electron chi connectivity index (χ4n) is 1.64. The summed E-state index contributed by atoms with van der Waals surface area (Å²) in [4.78, 5) is 0. The average Bonchev–Trinajstić information content (AvgIpc) is 2.38. The van der Waals surface area contributed by atoms with Gasteiger partial charge in [0.25, 0.3) is 0 Å². The largest absolute Gasteiger partial charge is 0.573 e. The molecule has 0 saturated heterocycles. The smallest absolute Gasteiger partial charge is 0.406 e. The SMILES string of the molecule is Cl.NNc1cccc(-c2ccc(OC(F)(F)F)cc2)c1. The highest BCUT2D eigenvalue weighted by molar-refractivity contribution is 5.85. The number of hydrogen-bond acceptors (Lipinski definition) is 3. The van der Waals surface area contributed by atoms with E-state index >= 15 is 0 Å². The molecule has 0 spiro atoms. The Morgan fingerprint density at radius 3 is 2.15 bits per heavy atom. The van der Waals surface area contributed by atoms with Gasteiger partial charge >= 0.3 is 6.36 Å². The molecular weight excluding hydrogens is 293 g/mol. The number of rotatable bonds is 3. The quantitative estimate of drug-likeness (QED) is 0.666. The summed E-state index contributed by atoms with van der Waals surface area (Å²) in [6, 6.07) is 12.8. The second-order valence-electron chi connectivity index (χ2n) is 3.80. The first-order valence-corrected chi connectivity index (χ1v) is 5.41. The minimum absolute atomic E-state index is 0. The number of halogens is 4. The van der Waals surface area contributed by atoms with Gasteiger partial charge in [0.1, 0.15) is 5.75 Å². The van der Waals surface area contributed by atoms with Crippen LogP contribution in [0, 0.1) is 0 Å². The Morgan fingerprint density at radius 1 is 0.950 bits per heavy atom. The molecule has 2 aromatic carbocycles. The van der Waals surface area contributed by atoms with Gasteiger partial charge in [0, 0.05) is 5.69 Å². The molecule has 0 aliphatic carbocycles. The molecule has 0 aromatic heterocycles. The lowest BCUT2D eigenvalue weighted by molar-refractivity contribution is -0.274. The Bertz CT molecular complexity index is 558. The summed E-state index contributed by atoms with van der Waals surface area (Å²) in [6.45, 7) is 0. The highest BCUT2D eigenvalue weighted by Gasteiger charge is 2.30. The van der Waals surface area contributed by atoms with E-state index in [-0.39, 0.29) is 18.2 Å². The summed E-state index contributed by atoms with van der Waals surface area (Å²) in [5.74, 6) is 5.05. The van der Waals surface area contributed by atoms with Crippen molar-refractivity contribution < 1.29 is 17.9 Å². The number of nitrogen functional groups attached to an aromatic ring is 1. The highest BCUT2D eigenvalue weighted by Crippen LogP contribution is 2.27. The molecule has 0 aliphatic rings. The monoisotopic (exact) mass is 304 g/mol. The van der Waals surface area contributed by atoms with Crippen LogP contribution < -0.4 is 16.0 Å². The van der Waals surface area contributed by atoms with E-state index in [1.807, 2.05) is 6.07 Å². The van der Waals surface area contributed by atoms with E-state index in [0.29, 0.717) is 5.69 Å². The third kappa shape index (κ3) is 4.32. The summed E-state index contributed by atoms with van der Waals surface area (Å²) in [6.07, 6.45) is -4.68. The Labute approximate surface area is 119 Å². The standard InChI is InChI=1S/C13H11F3N2O.ClH/c14-13(15,16)19-12-6-4-9(5-7-12)10-2-1-3-11(8-10)18-17;/h1-8,18H,17H2;1H. The van der Waals surface area contributed by atoms with Crippen molar-refractivity contribution in [3.05, 3.63) is 48.5 Å². The van der Waals surface area contributed by atoms with Gasteiger partial charge in [0.2, 0.25) is 0 Å². The van der Waals surface area contributed by atoms with Gasteiger partial charge in [0.15, 0.2) is 0 Å². The maximum Gasteiger partial charge on any atom is 0.573 e.